The Morgan fingerprint density at radius 3 is 2.49 bits per heavy atom. The number of nitro groups is 1. The van der Waals surface area contributed by atoms with Gasteiger partial charge < -0.3 is 19.5 Å². The van der Waals surface area contributed by atoms with E-state index in [9.17, 15) is 24.8 Å². The van der Waals surface area contributed by atoms with Gasteiger partial charge in [0.05, 0.1) is 51.0 Å². The lowest BCUT2D eigenvalue weighted by molar-refractivity contribution is -0.385. The molecule has 2 saturated heterocycles. The molecular weight excluding hydrogens is 590 g/mol. The first kappa shape index (κ1) is 30.9. The van der Waals surface area contributed by atoms with E-state index < -0.39 is 30.6 Å². The first-order valence-corrected chi connectivity index (χ1v) is 18.5. The van der Waals surface area contributed by atoms with Crippen molar-refractivity contribution in [1.82, 2.24) is 4.90 Å². The highest BCUT2D eigenvalue weighted by molar-refractivity contribution is 6.91. The van der Waals surface area contributed by atoms with E-state index >= 15 is 0 Å². The van der Waals surface area contributed by atoms with E-state index in [-0.39, 0.29) is 42.1 Å². The van der Waals surface area contributed by atoms with Crippen LogP contribution in [0.15, 0.2) is 72.8 Å². The van der Waals surface area contributed by atoms with E-state index in [4.69, 9.17) is 9.47 Å². The molecule has 5 atom stereocenters. The van der Waals surface area contributed by atoms with Crippen molar-refractivity contribution in [1.29, 1.82) is 0 Å². The van der Waals surface area contributed by atoms with Crippen molar-refractivity contribution in [2.45, 2.75) is 62.6 Å². The molecule has 236 valence electrons. The quantitative estimate of drug-likeness (QED) is 0.214. The lowest BCUT2D eigenvalue weighted by Crippen LogP contribution is -2.52. The number of ether oxygens (including phenoxy) is 2. The number of rotatable bonds is 8. The zero-order valence-electron chi connectivity index (χ0n) is 26.0. The number of hydrogen-bond acceptors (Lipinski definition) is 7. The number of amides is 2. The summed E-state index contributed by atoms with van der Waals surface area (Å²) in [5.41, 5.74) is -0.250. The average molecular weight is 630 g/mol. The molecule has 0 bridgehead atoms. The van der Waals surface area contributed by atoms with E-state index in [0.29, 0.717) is 23.5 Å². The minimum atomic E-state index is -2.53. The number of benzene rings is 3. The lowest BCUT2D eigenvalue weighted by Gasteiger charge is -2.37. The van der Waals surface area contributed by atoms with Crippen LogP contribution in [0, 0.1) is 16.0 Å². The van der Waals surface area contributed by atoms with Crippen LogP contribution in [0.2, 0.25) is 18.6 Å². The SMILES string of the molecule is COc1ccc([Si](C)(C)[C@H]2[C@H](CC(=O)N3CCC[C@H]3CO)O[C@@]3(C(=O)N(c4ccccc4)c4ccc([N+](=O)[O-])cc43)[C@@H]2C)cc1. The van der Waals surface area contributed by atoms with Gasteiger partial charge in [-0.25, -0.2) is 0 Å². The largest absolute Gasteiger partial charge is 0.497 e. The molecule has 0 unspecified atom stereocenters. The molecule has 3 aromatic rings. The zero-order chi connectivity index (χ0) is 32.1. The molecule has 2 fully saturated rings. The molecule has 3 aliphatic rings. The molecule has 11 heteroatoms. The summed E-state index contributed by atoms with van der Waals surface area (Å²) in [6.07, 6.45) is 0.969. The van der Waals surface area contributed by atoms with Gasteiger partial charge >= 0.3 is 0 Å². The summed E-state index contributed by atoms with van der Waals surface area (Å²) in [6, 6.07) is 21.4. The number of aliphatic hydroxyl groups excluding tert-OH is 1. The number of aliphatic hydroxyl groups is 1. The van der Waals surface area contributed by atoms with Gasteiger partial charge in [-0.3, -0.25) is 24.6 Å². The monoisotopic (exact) mass is 629 g/mol. The number of anilines is 2. The van der Waals surface area contributed by atoms with Crippen LogP contribution in [0.5, 0.6) is 5.75 Å². The predicted octanol–water partition coefficient (Wildman–Crippen LogP) is 4.87. The van der Waals surface area contributed by atoms with E-state index in [0.717, 1.165) is 23.8 Å². The molecule has 0 radical (unpaired) electrons. The third-order valence-corrected chi connectivity index (χ3v) is 14.6. The number of fused-ring (bicyclic) bond motifs is 2. The smallest absolute Gasteiger partial charge is 0.269 e. The molecule has 10 nitrogen and oxygen atoms in total. The second-order valence-corrected chi connectivity index (χ2v) is 17.5. The van der Waals surface area contributed by atoms with Crippen LogP contribution >= 0.6 is 0 Å². The highest BCUT2D eigenvalue weighted by Crippen LogP contribution is 2.61. The van der Waals surface area contributed by atoms with Crippen LogP contribution in [0.3, 0.4) is 0 Å². The number of hydrogen-bond donors (Lipinski definition) is 1. The van der Waals surface area contributed by atoms with Crippen LogP contribution in [-0.2, 0) is 19.9 Å². The Labute approximate surface area is 263 Å². The van der Waals surface area contributed by atoms with Crippen molar-refractivity contribution in [3.8, 4) is 5.75 Å². The number of para-hydroxylation sites is 1. The molecular formula is C34H39N3O7Si. The summed E-state index contributed by atoms with van der Waals surface area (Å²) in [6.45, 7) is 6.91. The first-order valence-electron chi connectivity index (χ1n) is 15.5. The topological polar surface area (TPSA) is 122 Å². The fourth-order valence-electron chi connectivity index (χ4n) is 8.02. The Morgan fingerprint density at radius 2 is 1.84 bits per heavy atom. The predicted molar refractivity (Wildman–Crippen MR) is 173 cm³/mol. The maximum Gasteiger partial charge on any atom is 0.269 e. The van der Waals surface area contributed by atoms with E-state index in [1.807, 2.05) is 49.4 Å². The van der Waals surface area contributed by atoms with Crippen molar-refractivity contribution in [3.05, 3.63) is 88.5 Å². The number of methoxy groups -OCH3 is 1. The molecule has 3 aliphatic heterocycles. The molecule has 3 heterocycles. The van der Waals surface area contributed by atoms with Crippen molar-refractivity contribution >= 4 is 42.1 Å². The van der Waals surface area contributed by atoms with Crippen LogP contribution < -0.4 is 14.8 Å². The van der Waals surface area contributed by atoms with Gasteiger partial charge in [-0.15, -0.1) is 0 Å². The number of carbonyl (C=O) groups is 2. The Balaban J connectivity index is 1.50. The second-order valence-electron chi connectivity index (χ2n) is 12.9. The molecule has 0 aromatic heterocycles. The molecule has 1 N–H and O–H groups in total. The molecule has 6 rings (SSSR count). The standard InChI is InChI=1S/C34H39N3O7Si/c1-22-32(45(3,4)27-15-13-26(43-2)14-16-27)30(20-31(39)35-18-8-11-25(35)21-38)44-34(22)28-19-24(37(41)42)12-17-29(28)36(33(34)40)23-9-6-5-7-10-23/h5-7,9-10,12-17,19,22,25,30,32,38H,8,11,18,20-21H2,1-4H3/t22-,25+,30+,32-,34+/m1/s1. The number of likely N-dealkylation sites (tertiary alicyclic amines) is 1. The van der Waals surface area contributed by atoms with Crippen molar-refractivity contribution < 1.29 is 29.1 Å². The number of non-ortho nitro benzene ring substituents is 1. The van der Waals surface area contributed by atoms with Crippen LogP contribution in [0.25, 0.3) is 0 Å². The van der Waals surface area contributed by atoms with Gasteiger partial charge in [-0.1, -0.05) is 55.5 Å². The molecule has 2 amide bonds. The van der Waals surface area contributed by atoms with Crippen LogP contribution in [0.1, 0.15) is 31.7 Å². The molecule has 0 aliphatic carbocycles. The van der Waals surface area contributed by atoms with Gasteiger partial charge in [-0.05, 0) is 48.7 Å². The normalized spacial score (nSPS) is 26.0. The van der Waals surface area contributed by atoms with Crippen molar-refractivity contribution in [2.75, 3.05) is 25.2 Å². The third-order valence-electron chi connectivity index (χ3n) is 10.2. The Morgan fingerprint density at radius 1 is 1.13 bits per heavy atom. The minimum absolute atomic E-state index is 0.0444. The van der Waals surface area contributed by atoms with Gasteiger partial charge in [0.15, 0.2) is 5.60 Å². The number of nitrogens with zero attached hydrogens (tertiary/aromatic N) is 3. The summed E-state index contributed by atoms with van der Waals surface area (Å²) in [7, 11) is -0.907. The zero-order valence-corrected chi connectivity index (χ0v) is 27.0. The second kappa shape index (κ2) is 11.7. The molecule has 3 aromatic carbocycles. The first-order chi connectivity index (χ1) is 21.5. The summed E-state index contributed by atoms with van der Waals surface area (Å²) in [4.78, 5) is 43.6. The summed E-state index contributed by atoms with van der Waals surface area (Å²) in [5, 5.41) is 23.1. The maximum absolute atomic E-state index is 14.9. The number of nitro benzene ring substituents is 1. The molecule has 1 spiro atoms. The fraction of sp³-hybridized carbons (Fsp3) is 0.412. The Hall–Kier alpha value is -4.06. The Kier molecular flexibility index (Phi) is 8.04. The average Bonchev–Trinajstić information content (AvgIpc) is 3.71. The summed E-state index contributed by atoms with van der Waals surface area (Å²) < 4.78 is 12.4. The fourth-order valence-corrected chi connectivity index (χ4v) is 12.0. The maximum atomic E-state index is 14.9. The lowest BCUT2D eigenvalue weighted by atomic mass is 9.82. The van der Waals surface area contributed by atoms with E-state index in [1.165, 1.54) is 12.1 Å². The van der Waals surface area contributed by atoms with Crippen LogP contribution in [0.4, 0.5) is 17.1 Å². The van der Waals surface area contributed by atoms with Gasteiger partial charge in [0.1, 0.15) is 5.75 Å². The highest BCUT2D eigenvalue weighted by Gasteiger charge is 2.67. The van der Waals surface area contributed by atoms with Crippen LogP contribution in [-0.4, -0.2) is 67.2 Å². The van der Waals surface area contributed by atoms with Gasteiger partial charge in [0, 0.05) is 35.8 Å². The van der Waals surface area contributed by atoms with E-state index in [1.54, 1.807) is 23.0 Å². The van der Waals surface area contributed by atoms with Gasteiger partial charge in [0.25, 0.3) is 11.6 Å². The molecule has 45 heavy (non-hydrogen) atoms. The Bertz CT molecular complexity index is 1620. The van der Waals surface area contributed by atoms with E-state index in [2.05, 4.69) is 25.2 Å². The molecule has 0 saturated carbocycles. The minimum Gasteiger partial charge on any atom is -0.497 e. The van der Waals surface area contributed by atoms with Gasteiger partial charge in [0.2, 0.25) is 5.91 Å². The summed E-state index contributed by atoms with van der Waals surface area (Å²) in [5.74, 6) is -0.119. The van der Waals surface area contributed by atoms with Crippen molar-refractivity contribution in [2.24, 2.45) is 5.92 Å². The van der Waals surface area contributed by atoms with Crippen molar-refractivity contribution in [3.63, 3.8) is 0 Å². The third kappa shape index (κ3) is 4.93. The van der Waals surface area contributed by atoms with Gasteiger partial charge in [-0.2, -0.15) is 0 Å². The summed E-state index contributed by atoms with van der Waals surface area (Å²) >= 11 is 0. The number of carbonyl (C=O) groups excluding carboxylic acids is 2. The highest BCUT2D eigenvalue weighted by atomic mass is 28.3.